The first-order valence-corrected chi connectivity index (χ1v) is 5.50. The van der Waals surface area contributed by atoms with Gasteiger partial charge >= 0.3 is 5.97 Å². The Morgan fingerprint density at radius 2 is 2.07 bits per heavy atom. The van der Waals surface area contributed by atoms with Crippen LogP contribution >= 0.6 is 0 Å². The quantitative estimate of drug-likeness (QED) is 0.645. The summed E-state index contributed by atoms with van der Waals surface area (Å²) in [7, 11) is 0. The van der Waals surface area contributed by atoms with Gasteiger partial charge in [0, 0.05) is 19.5 Å². The molecule has 0 aromatic rings. The lowest BCUT2D eigenvalue weighted by Gasteiger charge is -2.23. The molecular formula is C11H19NO3. The Labute approximate surface area is 90.6 Å². The molecule has 0 spiro atoms. The summed E-state index contributed by atoms with van der Waals surface area (Å²) in [6.07, 6.45) is 2.13. The first-order valence-electron chi connectivity index (χ1n) is 5.50. The van der Waals surface area contributed by atoms with Crippen molar-refractivity contribution in [3.8, 4) is 0 Å². The molecule has 0 heterocycles. The summed E-state index contributed by atoms with van der Waals surface area (Å²) in [5, 5.41) is 0. The molecule has 4 nitrogen and oxygen atoms in total. The van der Waals surface area contributed by atoms with Gasteiger partial charge in [-0.2, -0.15) is 0 Å². The van der Waals surface area contributed by atoms with Crippen LogP contribution in [0.4, 0.5) is 0 Å². The minimum Gasteiger partial charge on any atom is -0.466 e. The van der Waals surface area contributed by atoms with Gasteiger partial charge in [-0.3, -0.25) is 9.59 Å². The van der Waals surface area contributed by atoms with Gasteiger partial charge in [0.2, 0.25) is 5.91 Å². The Morgan fingerprint density at radius 3 is 2.47 bits per heavy atom. The fourth-order valence-electron chi connectivity index (χ4n) is 1.58. The number of esters is 1. The summed E-state index contributed by atoms with van der Waals surface area (Å²) in [6.45, 7) is 6.02. The molecule has 86 valence electrons. The summed E-state index contributed by atoms with van der Waals surface area (Å²) in [5.41, 5.74) is 0. The van der Waals surface area contributed by atoms with Gasteiger partial charge in [-0.25, -0.2) is 0 Å². The normalized spacial score (nSPS) is 17.0. The Hall–Kier alpha value is -1.06. The van der Waals surface area contributed by atoms with Crippen molar-refractivity contribution >= 4 is 11.9 Å². The van der Waals surface area contributed by atoms with Crippen molar-refractivity contribution in [3.05, 3.63) is 0 Å². The number of hydrogen-bond acceptors (Lipinski definition) is 3. The van der Waals surface area contributed by atoms with Crippen LogP contribution in [0.2, 0.25) is 0 Å². The Kier molecular flexibility index (Phi) is 4.12. The molecule has 0 N–H and O–H groups in total. The number of ether oxygens (including phenoxy) is 1. The monoisotopic (exact) mass is 213 g/mol. The molecule has 1 unspecified atom stereocenters. The molecule has 1 rings (SSSR count). The number of rotatable bonds is 5. The van der Waals surface area contributed by atoms with Crippen LogP contribution < -0.4 is 0 Å². The van der Waals surface area contributed by atoms with E-state index in [2.05, 4.69) is 0 Å². The fraction of sp³-hybridized carbons (Fsp3) is 0.818. The molecule has 0 aromatic carbocycles. The van der Waals surface area contributed by atoms with Crippen molar-refractivity contribution < 1.29 is 14.3 Å². The van der Waals surface area contributed by atoms with Crippen LogP contribution in [0.25, 0.3) is 0 Å². The Morgan fingerprint density at radius 1 is 1.47 bits per heavy atom. The largest absolute Gasteiger partial charge is 0.466 e. The van der Waals surface area contributed by atoms with Crippen LogP contribution in [-0.2, 0) is 14.3 Å². The van der Waals surface area contributed by atoms with E-state index in [-0.39, 0.29) is 17.8 Å². The maximum absolute atomic E-state index is 11.4. The van der Waals surface area contributed by atoms with Crippen LogP contribution in [0.15, 0.2) is 0 Å². The smallest absolute Gasteiger partial charge is 0.310 e. The van der Waals surface area contributed by atoms with E-state index in [1.165, 1.54) is 0 Å². The number of hydrogen-bond donors (Lipinski definition) is 0. The highest BCUT2D eigenvalue weighted by Crippen LogP contribution is 2.27. The Bertz CT molecular complexity index is 248. The lowest BCUT2D eigenvalue weighted by molar-refractivity contribution is -0.148. The Balaban J connectivity index is 2.43. The number of carbonyl (C=O) groups excluding carboxylic acids is 2. The highest BCUT2D eigenvalue weighted by Gasteiger charge is 2.32. The first kappa shape index (κ1) is 12.0. The summed E-state index contributed by atoms with van der Waals surface area (Å²) >= 11 is 0. The summed E-state index contributed by atoms with van der Waals surface area (Å²) in [5.74, 6) is -0.396. The van der Waals surface area contributed by atoms with Crippen LogP contribution in [0.1, 0.15) is 33.6 Å². The lowest BCUT2D eigenvalue weighted by atomic mass is 10.1. The zero-order valence-corrected chi connectivity index (χ0v) is 9.66. The van der Waals surface area contributed by atoms with Gasteiger partial charge in [0.05, 0.1) is 12.5 Å². The van der Waals surface area contributed by atoms with Crippen molar-refractivity contribution in [3.63, 3.8) is 0 Å². The standard InChI is InChI=1S/C11H19NO3/c1-4-15-11(14)8(2)7-12(9(3)13)10-5-6-10/h8,10H,4-7H2,1-3H3. The van der Waals surface area contributed by atoms with Gasteiger partial charge in [0.1, 0.15) is 0 Å². The van der Waals surface area contributed by atoms with Crippen molar-refractivity contribution in [1.82, 2.24) is 4.90 Å². The molecule has 0 bridgehead atoms. The zero-order chi connectivity index (χ0) is 11.4. The second kappa shape index (κ2) is 5.14. The minimum absolute atomic E-state index is 0.0497. The maximum atomic E-state index is 11.4. The molecule has 15 heavy (non-hydrogen) atoms. The van der Waals surface area contributed by atoms with E-state index in [0.29, 0.717) is 19.2 Å². The summed E-state index contributed by atoms with van der Waals surface area (Å²) in [6, 6.07) is 0.361. The molecule has 1 aliphatic carbocycles. The average molecular weight is 213 g/mol. The average Bonchev–Trinajstić information content (AvgIpc) is 2.97. The lowest BCUT2D eigenvalue weighted by Crippen LogP contribution is -2.37. The van der Waals surface area contributed by atoms with Crippen LogP contribution in [0.3, 0.4) is 0 Å². The van der Waals surface area contributed by atoms with Crippen molar-refractivity contribution in [2.75, 3.05) is 13.2 Å². The van der Waals surface area contributed by atoms with E-state index in [0.717, 1.165) is 12.8 Å². The van der Waals surface area contributed by atoms with Crippen molar-refractivity contribution in [2.45, 2.75) is 39.7 Å². The van der Waals surface area contributed by atoms with Gasteiger partial charge in [-0.1, -0.05) is 6.92 Å². The van der Waals surface area contributed by atoms with Gasteiger partial charge in [0.25, 0.3) is 0 Å². The predicted molar refractivity (Wildman–Crippen MR) is 56.2 cm³/mol. The third-order valence-electron chi connectivity index (χ3n) is 2.55. The molecule has 4 heteroatoms. The number of carbonyl (C=O) groups is 2. The number of nitrogens with zero attached hydrogens (tertiary/aromatic N) is 1. The third kappa shape index (κ3) is 3.53. The highest BCUT2D eigenvalue weighted by atomic mass is 16.5. The van der Waals surface area contributed by atoms with Crippen molar-refractivity contribution in [1.29, 1.82) is 0 Å². The SMILES string of the molecule is CCOC(=O)C(C)CN(C(C)=O)C1CC1. The van der Waals surface area contributed by atoms with E-state index in [4.69, 9.17) is 4.74 Å². The van der Waals surface area contributed by atoms with E-state index in [1.54, 1.807) is 25.7 Å². The topological polar surface area (TPSA) is 46.6 Å². The maximum Gasteiger partial charge on any atom is 0.310 e. The molecule has 1 saturated carbocycles. The van der Waals surface area contributed by atoms with E-state index < -0.39 is 0 Å². The molecule has 1 fully saturated rings. The van der Waals surface area contributed by atoms with Gasteiger partial charge in [0.15, 0.2) is 0 Å². The second-order valence-corrected chi connectivity index (χ2v) is 4.06. The summed E-state index contributed by atoms with van der Waals surface area (Å²) < 4.78 is 4.91. The van der Waals surface area contributed by atoms with E-state index in [1.807, 2.05) is 0 Å². The molecular weight excluding hydrogens is 194 g/mol. The fourth-order valence-corrected chi connectivity index (χ4v) is 1.58. The highest BCUT2D eigenvalue weighted by molar-refractivity contribution is 5.76. The molecule has 0 aromatic heterocycles. The third-order valence-corrected chi connectivity index (χ3v) is 2.55. The molecule has 1 aliphatic rings. The molecule has 0 radical (unpaired) electrons. The summed E-state index contributed by atoms with van der Waals surface area (Å²) in [4.78, 5) is 24.5. The second-order valence-electron chi connectivity index (χ2n) is 4.06. The molecule has 0 aliphatic heterocycles. The molecule has 1 atom stereocenters. The molecule has 0 saturated heterocycles. The molecule has 1 amide bonds. The van der Waals surface area contributed by atoms with Gasteiger partial charge in [-0.15, -0.1) is 0 Å². The van der Waals surface area contributed by atoms with Gasteiger partial charge in [-0.05, 0) is 19.8 Å². The van der Waals surface area contributed by atoms with E-state index in [9.17, 15) is 9.59 Å². The van der Waals surface area contributed by atoms with Crippen LogP contribution in [-0.4, -0.2) is 36.0 Å². The van der Waals surface area contributed by atoms with Crippen LogP contribution in [0, 0.1) is 5.92 Å². The predicted octanol–water partition coefficient (Wildman–Crippen LogP) is 1.20. The number of amides is 1. The zero-order valence-electron chi connectivity index (χ0n) is 9.66. The van der Waals surface area contributed by atoms with Crippen LogP contribution in [0.5, 0.6) is 0 Å². The van der Waals surface area contributed by atoms with E-state index >= 15 is 0 Å². The first-order chi connectivity index (χ1) is 7.06. The van der Waals surface area contributed by atoms with Crippen molar-refractivity contribution in [2.24, 2.45) is 5.92 Å². The minimum atomic E-state index is -0.227. The van der Waals surface area contributed by atoms with Gasteiger partial charge < -0.3 is 9.64 Å².